The van der Waals surface area contributed by atoms with E-state index in [0.717, 1.165) is 35.2 Å². The van der Waals surface area contributed by atoms with Crippen molar-refractivity contribution in [1.29, 1.82) is 0 Å². The van der Waals surface area contributed by atoms with Gasteiger partial charge in [0.2, 0.25) is 5.91 Å². The number of nitrogens with zero attached hydrogens (tertiary/aromatic N) is 2. The number of esters is 1. The zero-order valence-corrected chi connectivity index (χ0v) is 27.8. The molecule has 3 heterocycles. The summed E-state index contributed by atoms with van der Waals surface area (Å²) in [5, 5.41) is 10.6. The van der Waals surface area contributed by atoms with E-state index in [4.69, 9.17) is 4.74 Å². The molecular formula is C35H41BrN2O5S. The molecule has 3 fully saturated rings. The Bertz CT molecular complexity index is 1400. The number of unbranched alkanes of at least 4 members (excludes halogenated alkanes) is 2. The lowest BCUT2D eigenvalue weighted by Gasteiger charge is -2.40. The summed E-state index contributed by atoms with van der Waals surface area (Å²) in [5.74, 6) is -2.36. The van der Waals surface area contributed by atoms with Crippen LogP contribution in [0.3, 0.4) is 0 Å². The van der Waals surface area contributed by atoms with Gasteiger partial charge in [-0.25, -0.2) is 0 Å². The van der Waals surface area contributed by atoms with Crippen LogP contribution in [0.2, 0.25) is 0 Å². The van der Waals surface area contributed by atoms with Crippen molar-refractivity contribution in [3.63, 3.8) is 0 Å². The highest BCUT2D eigenvalue weighted by molar-refractivity contribution is 9.09. The summed E-state index contributed by atoms with van der Waals surface area (Å²) < 4.78 is 4.90. The van der Waals surface area contributed by atoms with Crippen molar-refractivity contribution >= 4 is 51.2 Å². The third-order valence-corrected chi connectivity index (χ3v) is 12.5. The van der Waals surface area contributed by atoms with Crippen LogP contribution in [0.4, 0.5) is 5.69 Å². The molecule has 0 radical (unpaired) electrons. The molecule has 7 atom stereocenters. The molecule has 3 aliphatic rings. The number of para-hydroxylation sites is 1. The molecule has 2 bridgehead atoms. The van der Waals surface area contributed by atoms with Crippen LogP contribution in [-0.4, -0.2) is 68.4 Å². The summed E-state index contributed by atoms with van der Waals surface area (Å²) in [7, 11) is 0. The van der Waals surface area contributed by atoms with E-state index >= 15 is 4.79 Å². The molecule has 3 unspecified atom stereocenters. The number of allylic oxidation sites excluding steroid dienone is 1. The topological polar surface area (TPSA) is 87.2 Å². The van der Waals surface area contributed by atoms with Gasteiger partial charge >= 0.3 is 5.97 Å². The Balaban J connectivity index is 1.60. The molecule has 3 saturated heterocycles. The lowest BCUT2D eigenvalue weighted by Crippen LogP contribution is -2.56. The van der Waals surface area contributed by atoms with Crippen LogP contribution in [0.5, 0.6) is 0 Å². The Morgan fingerprint density at radius 1 is 1.14 bits per heavy atom. The Morgan fingerprint density at radius 3 is 2.48 bits per heavy atom. The van der Waals surface area contributed by atoms with Gasteiger partial charge in [0.25, 0.3) is 5.91 Å². The van der Waals surface area contributed by atoms with Gasteiger partial charge < -0.3 is 19.6 Å². The molecule has 1 N–H and O–H groups in total. The van der Waals surface area contributed by atoms with Gasteiger partial charge in [-0.2, -0.15) is 0 Å². The molecular weight excluding hydrogens is 640 g/mol. The standard InChI is InChI=1S/C35H41BrN2O5S/c1-5-7-8-12-19-43-34(42)27-28-32(40)38(26(21-39)24-16-10-9-11-17-24)31(35(28)20-25(36)30(27)44-35)33(41)37(18-6-2)29-22(3)14-13-15-23(29)4/h5-6,9-11,13-17,25-28,30-31,39H,1-2,7-8,12,18-21H2,3-4H3/t25?,26-,27-,28+,30-,31?,35?/m1/s1. The summed E-state index contributed by atoms with van der Waals surface area (Å²) in [6.45, 7) is 11.8. The number of aliphatic hydroxyl groups excluding tert-OH is 1. The van der Waals surface area contributed by atoms with Crippen molar-refractivity contribution < 1.29 is 24.2 Å². The summed E-state index contributed by atoms with van der Waals surface area (Å²) in [4.78, 5) is 46.8. The van der Waals surface area contributed by atoms with E-state index in [1.54, 1.807) is 27.6 Å². The second-order valence-electron chi connectivity index (χ2n) is 11.9. The van der Waals surface area contributed by atoms with E-state index in [9.17, 15) is 14.7 Å². The monoisotopic (exact) mass is 680 g/mol. The number of amides is 2. The molecule has 7 nitrogen and oxygen atoms in total. The van der Waals surface area contributed by atoms with Gasteiger partial charge in [0.1, 0.15) is 6.04 Å². The maximum absolute atomic E-state index is 15.1. The zero-order valence-electron chi connectivity index (χ0n) is 25.4. The fraction of sp³-hybridized carbons (Fsp3) is 0.457. The number of aliphatic hydroxyl groups is 1. The van der Waals surface area contributed by atoms with Crippen LogP contribution in [0.25, 0.3) is 0 Å². The fourth-order valence-corrected chi connectivity index (χ4v) is 11.0. The third kappa shape index (κ3) is 5.56. The molecule has 234 valence electrons. The molecule has 1 spiro atoms. The van der Waals surface area contributed by atoms with Gasteiger partial charge in [-0.3, -0.25) is 14.4 Å². The van der Waals surface area contributed by atoms with Gasteiger partial charge in [0, 0.05) is 22.3 Å². The first kappa shape index (κ1) is 32.5. The Kier molecular flexibility index (Phi) is 10.1. The van der Waals surface area contributed by atoms with Crippen molar-refractivity contribution in [3.8, 4) is 0 Å². The molecule has 2 amide bonds. The van der Waals surface area contributed by atoms with E-state index in [0.29, 0.717) is 12.8 Å². The Labute approximate surface area is 272 Å². The van der Waals surface area contributed by atoms with E-state index in [2.05, 4.69) is 29.1 Å². The second-order valence-corrected chi connectivity index (χ2v) is 14.7. The maximum Gasteiger partial charge on any atom is 0.310 e. The summed E-state index contributed by atoms with van der Waals surface area (Å²) in [6.07, 6.45) is 6.49. The number of fused-ring (bicyclic) bond motifs is 1. The first-order chi connectivity index (χ1) is 21.2. The maximum atomic E-state index is 15.1. The molecule has 5 rings (SSSR count). The second kappa shape index (κ2) is 13.6. The lowest BCUT2D eigenvalue weighted by atomic mass is 9.71. The third-order valence-electron chi connectivity index (χ3n) is 9.26. The number of alkyl halides is 1. The number of aryl methyl sites for hydroxylation is 2. The molecule has 2 aromatic carbocycles. The number of hydrogen-bond donors (Lipinski definition) is 1. The average Bonchev–Trinajstić information content (AvgIpc) is 3.60. The average molecular weight is 682 g/mol. The van der Waals surface area contributed by atoms with Crippen molar-refractivity contribution in [1.82, 2.24) is 4.90 Å². The number of thioether (sulfide) groups is 1. The summed E-state index contributed by atoms with van der Waals surface area (Å²) >= 11 is 5.40. The van der Waals surface area contributed by atoms with Crippen molar-refractivity contribution in [3.05, 3.63) is 90.5 Å². The first-order valence-corrected chi connectivity index (χ1v) is 17.1. The van der Waals surface area contributed by atoms with Crippen molar-refractivity contribution in [2.75, 3.05) is 24.7 Å². The Hall–Kier alpha value is -2.88. The molecule has 9 heteroatoms. The van der Waals surface area contributed by atoms with E-state index < -0.39 is 34.6 Å². The minimum absolute atomic E-state index is 0.0810. The zero-order chi connectivity index (χ0) is 31.6. The van der Waals surface area contributed by atoms with Crippen LogP contribution in [0, 0.1) is 25.7 Å². The molecule has 44 heavy (non-hydrogen) atoms. The minimum atomic E-state index is -0.920. The van der Waals surface area contributed by atoms with Gasteiger partial charge in [0.05, 0.1) is 35.8 Å². The predicted molar refractivity (Wildman–Crippen MR) is 179 cm³/mol. The van der Waals surface area contributed by atoms with Crippen LogP contribution in [0.1, 0.15) is 48.4 Å². The smallest absolute Gasteiger partial charge is 0.310 e. The minimum Gasteiger partial charge on any atom is -0.465 e. The van der Waals surface area contributed by atoms with E-state index in [-0.39, 0.29) is 41.6 Å². The van der Waals surface area contributed by atoms with Crippen LogP contribution in [0.15, 0.2) is 73.8 Å². The van der Waals surface area contributed by atoms with Crippen LogP contribution in [-0.2, 0) is 19.1 Å². The number of benzene rings is 2. The number of hydrogen-bond acceptors (Lipinski definition) is 6. The molecule has 0 aliphatic carbocycles. The Morgan fingerprint density at radius 2 is 1.84 bits per heavy atom. The predicted octanol–water partition coefficient (Wildman–Crippen LogP) is 5.92. The molecule has 3 aliphatic heterocycles. The largest absolute Gasteiger partial charge is 0.465 e. The molecule has 0 aromatic heterocycles. The highest BCUT2D eigenvalue weighted by Gasteiger charge is 2.76. The highest BCUT2D eigenvalue weighted by atomic mass is 79.9. The lowest BCUT2D eigenvalue weighted by molar-refractivity contribution is -0.154. The van der Waals surface area contributed by atoms with Gasteiger partial charge in [0.15, 0.2) is 0 Å². The van der Waals surface area contributed by atoms with Gasteiger partial charge in [-0.1, -0.05) is 76.6 Å². The number of carbonyl (C=O) groups is 3. The van der Waals surface area contributed by atoms with Crippen molar-refractivity contribution in [2.45, 2.75) is 66.4 Å². The molecule has 2 aromatic rings. The van der Waals surface area contributed by atoms with Gasteiger partial charge in [-0.15, -0.1) is 24.9 Å². The van der Waals surface area contributed by atoms with Gasteiger partial charge in [-0.05, 0) is 56.2 Å². The fourth-order valence-electron chi connectivity index (χ4n) is 7.44. The van der Waals surface area contributed by atoms with Crippen LogP contribution >= 0.6 is 27.7 Å². The van der Waals surface area contributed by atoms with E-state index in [1.807, 2.05) is 68.5 Å². The summed E-state index contributed by atoms with van der Waals surface area (Å²) in [5.41, 5.74) is 3.39. The normalized spacial score (nSPS) is 27.6. The highest BCUT2D eigenvalue weighted by Crippen LogP contribution is 2.68. The molecule has 0 saturated carbocycles. The van der Waals surface area contributed by atoms with Crippen LogP contribution < -0.4 is 4.90 Å². The number of ether oxygens (including phenoxy) is 1. The number of rotatable bonds is 13. The number of halogens is 1. The number of likely N-dealkylation sites (tertiary alicyclic amines) is 1. The SMILES string of the molecule is C=CCCCCOC(=O)[C@H]1[C@@H]2SC3(CC2Br)C(C(=O)N(CC=C)c2c(C)cccc2C)N([C@H](CO)c2ccccc2)C(=O)[C@H]13. The number of carbonyl (C=O) groups excluding carboxylic acids is 3. The number of anilines is 1. The summed E-state index contributed by atoms with van der Waals surface area (Å²) in [6, 6.07) is 13.5. The van der Waals surface area contributed by atoms with Crippen molar-refractivity contribution in [2.24, 2.45) is 11.8 Å². The first-order valence-electron chi connectivity index (χ1n) is 15.3. The quantitative estimate of drug-likeness (QED) is 0.122. The van der Waals surface area contributed by atoms with E-state index in [1.165, 1.54) is 0 Å².